The van der Waals surface area contributed by atoms with Crippen LogP contribution in [0.3, 0.4) is 0 Å². The van der Waals surface area contributed by atoms with Gasteiger partial charge in [-0.3, -0.25) is 0 Å². The number of nitrogens with zero attached hydrogens (tertiary/aromatic N) is 1. The molecule has 0 radical (unpaired) electrons. The Morgan fingerprint density at radius 1 is 0.696 bits per heavy atom. The minimum Gasteiger partial charge on any atom is -0.396 e. The van der Waals surface area contributed by atoms with Gasteiger partial charge in [-0.2, -0.15) is 0 Å². The first kappa shape index (κ1) is 14.9. The van der Waals surface area contributed by atoms with Crippen molar-refractivity contribution in [1.29, 1.82) is 0 Å². The molecule has 0 saturated carbocycles. The lowest BCUT2D eigenvalue weighted by Gasteiger charge is -2.10. The molecule has 0 atom stereocenters. The van der Waals surface area contributed by atoms with Crippen LogP contribution in [-0.2, 0) is 12.8 Å². The normalized spacial score (nSPS) is 10.6. The van der Waals surface area contributed by atoms with E-state index in [2.05, 4.69) is 53.5 Å². The van der Waals surface area contributed by atoms with Crippen LogP contribution >= 0.6 is 0 Å². The summed E-state index contributed by atoms with van der Waals surface area (Å²) >= 11 is 0. The van der Waals surface area contributed by atoms with E-state index in [1.807, 2.05) is 6.07 Å². The third-order valence-electron chi connectivity index (χ3n) is 3.83. The maximum absolute atomic E-state index is 6.02. The second-order valence-corrected chi connectivity index (χ2v) is 5.66. The van der Waals surface area contributed by atoms with Gasteiger partial charge in [0.2, 0.25) is 0 Å². The molecule has 2 aromatic carbocycles. The summed E-state index contributed by atoms with van der Waals surface area (Å²) in [6, 6.07) is 20.7. The molecule has 0 spiro atoms. The van der Waals surface area contributed by atoms with Gasteiger partial charge in [-0.25, -0.2) is 4.98 Å². The molecule has 6 N–H and O–H groups in total. The summed E-state index contributed by atoms with van der Waals surface area (Å²) in [6.45, 7) is 0. The fraction of sp³-hybridized carbons (Fsp3) is 0.105. The smallest absolute Gasteiger partial charge is 0.149 e. The minimum atomic E-state index is 0.292. The molecule has 3 rings (SSSR count). The third kappa shape index (κ3) is 3.61. The monoisotopic (exact) mass is 304 g/mol. The fourth-order valence-electron chi connectivity index (χ4n) is 2.70. The average Bonchev–Trinajstić information content (AvgIpc) is 2.53. The highest BCUT2D eigenvalue weighted by molar-refractivity contribution is 5.67. The Kier molecular flexibility index (Phi) is 4.15. The summed E-state index contributed by atoms with van der Waals surface area (Å²) in [5, 5.41) is 0. The van der Waals surface area contributed by atoms with E-state index in [1.54, 1.807) is 6.07 Å². The molecule has 23 heavy (non-hydrogen) atoms. The Hall–Kier alpha value is -3.01. The first-order chi connectivity index (χ1) is 11.1. The highest BCUT2D eigenvalue weighted by Gasteiger charge is 2.08. The minimum absolute atomic E-state index is 0.292. The third-order valence-corrected chi connectivity index (χ3v) is 3.83. The predicted molar refractivity (Wildman–Crippen MR) is 96.0 cm³/mol. The average molecular weight is 304 g/mol. The Bertz CT molecular complexity index is 813. The second kappa shape index (κ2) is 6.40. The molecule has 1 aromatic heterocycles. The number of pyridine rings is 1. The van der Waals surface area contributed by atoms with Crippen molar-refractivity contribution in [3.8, 4) is 0 Å². The number of nitrogen functional groups attached to an aromatic ring is 3. The lowest BCUT2D eigenvalue weighted by molar-refractivity contribution is 1.13. The molecular weight excluding hydrogens is 284 g/mol. The van der Waals surface area contributed by atoms with E-state index in [0.717, 1.165) is 12.0 Å². The molecule has 116 valence electrons. The van der Waals surface area contributed by atoms with Crippen LogP contribution in [0.5, 0.6) is 0 Å². The summed E-state index contributed by atoms with van der Waals surface area (Å²) in [6.07, 6.45) is 1.59. The molecule has 0 fully saturated rings. The van der Waals surface area contributed by atoms with Crippen LogP contribution in [-0.4, -0.2) is 4.98 Å². The van der Waals surface area contributed by atoms with Crippen molar-refractivity contribution in [3.63, 3.8) is 0 Å². The van der Waals surface area contributed by atoms with E-state index in [0.29, 0.717) is 23.7 Å². The Balaban J connectivity index is 1.83. The number of nitrogens with two attached hydrogens (primary N) is 3. The standard InChI is InChI=1S/C19H20N4/c20-17-12-16(18(21)19(22)23-17)11-15-8-4-7-14(10-15)9-13-5-2-1-3-6-13/h1-8,10,12H,9,11,21H2,(H4,20,22,23). The molecule has 3 aromatic rings. The molecule has 0 aliphatic rings. The molecule has 0 unspecified atom stereocenters. The van der Waals surface area contributed by atoms with Gasteiger partial charge in [0.15, 0.2) is 0 Å². The largest absolute Gasteiger partial charge is 0.396 e. The SMILES string of the molecule is Nc1cc(Cc2cccc(Cc3ccccc3)c2)c(N)c(N)n1. The van der Waals surface area contributed by atoms with Crippen LogP contribution in [0.1, 0.15) is 22.3 Å². The summed E-state index contributed by atoms with van der Waals surface area (Å²) in [4.78, 5) is 3.98. The second-order valence-electron chi connectivity index (χ2n) is 5.66. The van der Waals surface area contributed by atoms with Gasteiger partial charge in [-0.15, -0.1) is 0 Å². The van der Waals surface area contributed by atoms with E-state index < -0.39 is 0 Å². The zero-order valence-corrected chi connectivity index (χ0v) is 12.9. The Labute approximate surface area is 136 Å². The number of hydrogen-bond acceptors (Lipinski definition) is 4. The molecular formula is C19H20N4. The summed E-state index contributed by atoms with van der Waals surface area (Å²) in [5.41, 5.74) is 22.7. The topological polar surface area (TPSA) is 91.0 Å². The number of rotatable bonds is 4. The summed E-state index contributed by atoms with van der Waals surface area (Å²) < 4.78 is 0. The predicted octanol–water partition coefficient (Wildman–Crippen LogP) is 3.01. The highest BCUT2D eigenvalue weighted by Crippen LogP contribution is 2.24. The van der Waals surface area contributed by atoms with Gasteiger partial charge in [-0.05, 0) is 41.2 Å². The van der Waals surface area contributed by atoms with Crippen LogP contribution in [0, 0.1) is 0 Å². The quantitative estimate of drug-likeness (QED) is 0.691. The van der Waals surface area contributed by atoms with E-state index in [4.69, 9.17) is 17.2 Å². The molecule has 1 heterocycles. The molecule has 0 saturated heterocycles. The summed E-state index contributed by atoms with van der Waals surface area (Å²) in [5.74, 6) is 0.688. The van der Waals surface area contributed by atoms with Crippen LogP contribution in [0.15, 0.2) is 60.7 Å². The van der Waals surface area contributed by atoms with Gasteiger partial charge in [0.05, 0.1) is 5.69 Å². The molecule has 4 nitrogen and oxygen atoms in total. The van der Waals surface area contributed by atoms with Gasteiger partial charge >= 0.3 is 0 Å². The zero-order chi connectivity index (χ0) is 16.2. The first-order valence-electron chi connectivity index (χ1n) is 7.54. The van der Waals surface area contributed by atoms with Crippen LogP contribution < -0.4 is 17.2 Å². The number of aromatic nitrogens is 1. The fourth-order valence-corrected chi connectivity index (χ4v) is 2.70. The van der Waals surface area contributed by atoms with Crippen LogP contribution in [0.25, 0.3) is 0 Å². The first-order valence-corrected chi connectivity index (χ1v) is 7.54. The van der Waals surface area contributed by atoms with Crippen molar-refractivity contribution in [2.75, 3.05) is 17.2 Å². The number of benzene rings is 2. The lowest BCUT2D eigenvalue weighted by atomic mass is 9.99. The van der Waals surface area contributed by atoms with Crippen LogP contribution in [0.4, 0.5) is 17.3 Å². The van der Waals surface area contributed by atoms with Crippen molar-refractivity contribution in [1.82, 2.24) is 4.98 Å². The van der Waals surface area contributed by atoms with Crippen molar-refractivity contribution in [3.05, 3.63) is 82.9 Å². The van der Waals surface area contributed by atoms with Gasteiger partial charge in [0, 0.05) is 0 Å². The molecule has 4 heteroatoms. The maximum Gasteiger partial charge on any atom is 0.149 e. The maximum atomic E-state index is 6.02. The number of anilines is 3. The lowest BCUT2D eigenvalue weighted by Crippen LogP contribution is -2.06. The van der Waals surface area contributed by atoms with Crippen molar-refractivity contribution < 1.29 is 0 Å². The molecule has 0 amide bonds. The van der Waals surface area contributed by atoms with Crippen molar-refractivity contribution in [2.45, 2.75) is 12.8 Å². The van der Waals surface area contributed by atoms with Crippen molar-refractivity contribution in [2.24, 2.45) is 0 Å². The molecule has 0 aliphatic heterocycles. The van der Waals surface area contributed by atoms with Crippen molar-refractivity contribution >= 4 is 17.3 Å². The van der Waals surface area contributed by atoms with E-state index in [1.165, 1.54) is 16.7 Å². The van der Waals surface area contributed by atoms with Gasteiger partial charge in [0.25, 0.3) is 0 Å². The van der Waals surface area contributed by atoms with Crippen LogP contribution in [0.2, 0.25) is 0 Å². The molecule has 0 aliphatic carbocycles. The Morgan fingerprint density at radius 3 is 2.09 bits per heavy atom. The summed E-state index contributed by atoms with van der Waals surface area (Å²) in [7, 11) is 0. The molecule has 0 bridgehead atoms. The number of hydrogen-bond donors (Lipinski definition) is 3. The highest BCUT2D eigenvalue weighted by atomic mass is 14.9. The zero-order valence-electron chi connectivity index (χ0n) is 12.9. The van der Waals surface area contributed by atoms with Gasteiger partial charge < -0.3 is 17.2 Å². The van der Waals surface area contributed by atoms with E-state index in [9.17, 15) is 0 Å². The van der Waals surface area contributed by atoms with E-state index in [-0.39, 0.29) is 0 Å². The van der Waals surface area contributed by atoms with Gasteiger partial charge in [0.1, 0.15) is 11.6 Å². The van der Waals surface area contributed by atoms with E-state index >= 15 is 0 Å². The van der Waals surface area contributed by atoms with Gasteiger partial charge in [-0.1, -0.05) is 54.6 Å². The Morgan fingerprint density at radius 2 is 1.35 bits per heavy atom.